The highest BCUT2D eigenvalue weighted by atomic mass is 16.5. The van der Waals surface area contributed by atoms with Gasteiger partial charge < -0.3 is 29.9 Å². The second-order valence-corrected chi connectivity index (χ2v) is 13.8. The van der Waals surface area contributed by atoms with E-state index >= 15 is 0 Å². The summed E-state index contributed by atoms with van der Waals surface area (Å²) in [5, 5.41) is 0. The van der Waals surface area contributed by atoms with Gasteiger partial charge in [-0.15, -0.1) is 0 Å². The van der Waals surface area contributed by atoms with Gasteiger partial charge >= 0.3 is 0 Å². The maximum absolute atomic E-state index is 11.5. The molecule has 0 saturated carbocycles. The van der Waals surface area contributed by atoms with Crippen molar-refractivity contribution >= 4 is 17.3 Å². The van der Waals surface area contributed by atoms with E-state index in [0.717, 1.165) is 83.9 Å². The summed E-state index contributed by atoms with van der Waals surface area (Å²) in [4.78, 5) is 23.5. The molecule has 2 aromatic carbocycles. The highest BCUT2D eigenvalue weighted by molar-refractivity contribution is 5.93. The van der Waals surface area contributed by atoms with E-state index in [0.29, 0.717) is 30.6 Å². The Labute approximate surface area is 328 Å². The Kier molecular flexibility index (Phi) is 21.6. The van der Waals surface area contributed by atoms with Gasteiger partial charge in [0.2, 0.25) is 5.91 Å². The first kappa shape index (κ1) is 46.3. The molecule has 2 atom stereocenters. The van der Waals surface area contributed by atoms with Gasteiger partial charge in [0.15, 0.2) is 0 Å². The minimum atomic E-state index is -0.364. The van der Waals surface area contributed by atoms with Crippen molar-refractivity contribution in [1.82, 2.24) is 14.7 Å². The summed E-state index contributed by atoms with van der Waals surface area (Å²) in [5.41, 5.74) is 11.9. The van der Waals surface area contributed by atoms with Crippen LogP contribution in [0.1, 0.15) is 75.6 Å². The van der Waals surface area contributed by atoms with Crippen molar-refractivity contribution in [3.8, 4) is 0 Å². The molecule has 2 aliphatic heterocycles. The van der Waals surface area contributed by atoms with E-state index in [9.17, 15) is 4.79 Å². The van der Waals surface area contributed by atoms with Gasteiger partial charge in [-0.2, -0.15) is 0 Å². The number of allylic oxidation sites excluding steroid dienone is 1. The van der Waals surface area contributed by atoms with E-state index in [1.165, 1.54) is 22.5 Å². The molecule has 2 unspecified atom stereocenters. The van der Waals surface area contributed by atoms with Crippen molar-refractivity contribution in [3.05, 3.63) is 108 Å². The number of hydrogen-bond acceptors (Lipinski definition) is 8. The standard InChI is InChI=1S/C26H36N4O2.C17H30N2O.C2H6/c1-3-29(4-2)22-6-8-23(9-7-22)30-16-14-28(15-17-30)13-11-25-24-10-5-21(26(27)31)19-20(24)12-18-32-25;1-8-15(3)14-20-17(5)11-10-16(4)19(7)13-12-18(6)9-2;1-2/h5-10,19,25H,3-4,11-18H2,1-2H3,(H2,27,31);8,10-11,16H,1,3,5,9,12-14H2,2,4,6-7H3;1-2H3/b;11-10-;. The summed E-state index contributed by atoms with van der Waals surface area (Å²) in [7, 11) is 4.26. The summed E-state index contributed by atoms with van der Waals surface area (Å²) in [5.74, 6) is 0.287. The molecule has 0 bridgehead atoms. The average Bonchev–Trinajstić information content (AvgIpc) is 3.21. The molecule has 2 aromatic rings. The van der Waals surface area contributed by atoms with Crippen LogP contribution in [0.25, 0.3) is 0 Å². The van der Waals surface area contributed by atoms with Crippen LogP contribution in [-0.2, 0) is 15.9 Å². The first-order chi connectivity index (χ1) is 26.0. The SMILES string of the molecule is C=CC(=C)COC(=C)/C=C\C(C)N(C)CCN(C)CC.CC.CCN(CC)c1ccc(N2CCN(CCC3OCCc4cc(C(N)=O)ccc43)CC2)cc1. The number of ether oxygens (including phenoxy) is 2. The van der Waals surface area contributed by atoms with Crippen molar-refractivity contribution in [1.29, 1.82) is 0 Å². The summed E-state index contributed by atoms with van der Waals surface area (Å²) < 4.78 is 11.5. The number of anilines is 2. The Morgan fingerprint density at radius 2 is 1.67 bits per heavy atom. The number of rotatable bonds is 19. The highest BCUT2D eigenvalue weighted by Gasteiger charge is 2.24. The lowest BCUT2D eigenvalue weighted by Gasteiger charge is -2.37. The number of benzene rings is 2. The molecule has 0 spiro atoms. The van der Waals surface area contributed by atoms with Crippen LogP contribution >= 0.6 is 0 Å². The number of fused-ring (bicyclic) bond motifs is 1. The van der Waals surface area contributed by atoms with Gasteiger partial charge in [0.1, 0.15) is 12.4 Å². The molecule has 1 fully saturated rings. The molecule has 2 aliphatic rings. The van der Waals surface area contributed by atoms with Crippen LogP contribution in [0.5, 0.6) is 0 Å². The number of likely N-dealkylation sites (N-methyl/N-ethyl adjacent to an activating group) is 2. The second kappa shape index (κ2) is 25.2. The minimum Gasteiger partial charge on any atom is -0.490 e. The molecule has 0 radical (unpaired) electrons. The topological polar surface area (TPSA) is 77.8 Å². The maximum Gasteiger partial charge on any atom is 0.248 e. The zero-order chi connectivity index (χ0) is 40.0. The Morgan fingerprint density at radius 1 is 1.00 bits per heavy atom. The first-order valence-electron chi connectivity index (χ1n) is 20.0. The van der Waals surface area contributed by atoms with E-state index in [2.05, 4.69) is 116 Å². The maximum atomic E-state index is 11.5. The third kappa shape index (κ3) is 15.5. The fourth-order valence-corrected chi connectivity index (χ4v) is 6.30. The molecule has 54 heavy (non-hydrogen) atoms. The van der Waals surface area contributed by atoms with Gasteiger partial charge in [0, 0.05) is 81.9 Å². The number of nitrogens with zero attached hydrogens (tertiary/aromatic N) is 5. The van der Waals surface area contributed by atoms with Crippen LogP contribution in [-0.4, -0.2) is 119 Å². The summed E-state index contributed by atoms with van der Waals surface area (Å²) in [6, 6.07) is 15.2. The van der Waals surface area contributed by atoms with Crippen LogP contribution in [0.3, 0.4) is 0 Å². The van der Waals surface area contributed by atoms with E-state index in [1.807, 2.05) is 38.1 Å². The van der Waals surface area contributed by atoms with Gasteiger partial charge in [-0.05, 0) is 113 Å². The number of primary amides is 1. The fraction of sp³-hybridized carbons (Fsp3) is 0.533. The smallest absolute Gasteiger partial charge is 0.248 e. The zero-order valence-electron chi connectivity index (χ0n) is 35.0. The normalized spacial score (nSPS) is 16.1. The van der Waals surface area contributed by atoms with Crippen molar-refractivity contribution in [2.45, 2.75) is 66.5 Å². The summed E-state index contributed by atoms with van der Waals surface area (Å²) in [6.07, 6.45) is 7.63. The number of hydrogen-bond donors (Lipinski definition) is 1. The van der Waals surface area contributed by atoms with Crippen LogP contribution < -0.4 is 15.5 Å². The molecular formula is C45H72N6O3. The predicted octanol–water partition coefficient (Wildman–Crippen LogP) is 7.57. The molecule has 1 amide bonds. The third-order valence-corrected chi connectivity index (χ3v) is 10.2. The summed E-state index contributed by atoms with van der Waals surface area (Å²) >= 11 is 0. The summed E-state index contributed by atoms with van der Waals surface area (Å²) in [6.45, 7) is 35.7. The van der Waals surface area contributed by atoms with Crippen LogP contribution in [0.2, 0.25) is 0 Å². The van der Waals surface area contributed by atoms with E-state index in [-0.39, 0.29) is 12.0 Å². The monoisotopic (exact) mass is 745 g/mol. The number of carbonyl (C=O) groups excluding carboxylic acids is 1. The van der Waals surface area contributed by atoms with Crippen molar-refractivity contribution in [2.75, 3.05) is 103 Å². The Balaban J connectivity index is 0.000000398. The first-order valence-corrected chi connectivity index (χ1v) is 20.0. The van der Waals surface area contributed by atoms with E-state index < -0.39 is 0 Å². The molecule has 9 nitrogen and oxygen atoms in total. The van der Waals surface area contributed by atoms with Gasteiger partial charge in [-0.1, -0.05) is 58.7 Å². The number of carbonyl (C=O) groups is 1. The number of nitrogens with two attached hydrogens (primary N) is 1. The number of piperazine rings is 1. The van der Waals surface area contributed by atoms with E-state index in [1.54, 1.807) is 6.08 Å². The Bertz CT molecular complexity index is 1450. The molecule has 300 valence electrons. The van der Waals surface area contributed by atoms with Crippen LogP contribution in [0, 0.1) is 0 Å². The predicted molar refractivity (Wildman–Crippen MR) is 231 cm³/mol. The molecule has 4 rings (SSSR count). The lowest BCUT2D eigenvalue weighted by molar-refractivity contribution is 0.0289. The molecule has 2 heterocycles. The Morgan fingerprint density at radius 3 is 2.26 bits per heavy atom. The molecule has 2 N–H and O–H groups in total. The quantitative estimate of drug-likeness (QED) is 0.117. The van der Waals surface area contributed by atoms with Crippen molar-refractivity contribution < 1.29 is 14.3 Å². The number of amides is 1. The molecule has 0 aliphatic carbocycles. The average molecular weight is 745 g/mol. The second-order valence-electron chi connectivity index (χ2n) is 13.8. The molecule has 0 aromatic heterocycles. The highest BCUT2D eigenvalue weighted by Crippen LogP contribution is 2.31. The Hall–Kier alpha value is -3.89. The molecular weight excluding hydrogens is 673 g/mol. The van der Waals surface area contributed by atoms with E-state index in [4.69, 9.17) is 15.2 Å². The third-order valence-electron chi connectivity index (χ3n) is 10.2. The van der Waals surface area contributed by atoms with Crippen molar-refractivity contribution in [3.63, 3.8) is 0 Å². The minimum absolute atomic E-state index is 0.103. The lowest BCUT2D eigenvalue weighted by atomic mass is 9.93. The van der Waals surface area contributed by atoms with Crippen LogP contribution in [0.4, 0.5) is 11.4 Å². The zero-order valence-corrected chi connectivity index (χ0v) is 35.0. The lowest BCUT2D eigenvalue weighted by Crippen LogP contribution is -2.47. The fourth-order valence-electron chi connectivity index (χ4n) is 6.30. The molecule has 1 saturated heterocycles. The largest absolute Gasteiger partial charge is 0.490 e. The molecule has 9 heteroatoms. The van der Waals surface area contributed by atoms with Gasteiger partial charge in [0.25, 0.3) is 0 Å². The van der Waals surface area contributed by atoms with Gasteiger partial charge in [-0.3, -0.25) is 14.6 Å². The van der Waals surface area contributed by atoms with Gasteiger partial charge in [-0.25, -0.2) is 0 Å². The van der Waals surface area contributed by atoms with Crippen LogP contribution in [0.15, 0.2) is 91.8 Å². The van der Waals surface area contributed by atoms with Gasteiger partial charge in [0.05, 0.1) is 12.7 Å². The van der Waals surface area contributed by atoms with Crippen molar-refractivity contribution in [2.24, 2.45) is 5.73 Å².